The Labute approximate surface area is 73.2 Å². The Hall–Kier alpha value is -0.800. The van der Waals surface area contributed by atoms with Gasteiger partial charge in [0.1, 0.15) is 0 Å². The number of likely N-dealkylation sites (N-methyl/N-ethyl adjacent to an activating group) is 1. The molecular weight excluding hydrogens is 152 g/mol. The summed E-state index contributed by atoms with van der Waals surface area (Å²) in [5, 5.41) is 9.66. The zero-order valence-corrected chi connectivity index (χ0v) is 7.78. The molecule has 1 aliphatic heterocycles. The normalized spacial score (nSPS) is 24.2. The maximum atomic E-state index is 9.66. The molecule has 3 N–H and O–H groups in total. The molecule has 1 unspecified atom stereocenters. The highest BCUT2D eigenvalue weighted by Crippen LogP contribution is 2.20. The van der Waals surface area contributed by atoms with Crippen molar-refractivity contribution in [2.45, 2.75) is 25.6 Å². The average molecular weight is 168 g/mol. The first-order valence-electron chi connectivity index (χ1n) is 4.01. The van der Waals surface area contributed by atoms with E-state index < -0.39 is 5.60 Å². The monoisotopic (exact) mass is 168 g/mol. The van der Waals surface area contributed by atoms with Crippen LogP contribution in [-0.2, 0) is 0 Å². The number of nitrogens with zero attached hydrogens (tertiary/aromatic N) is 1. The molecule has 68 valence electrons. The third-order valence-corrected chi connectivity index (χ3v) is 1.99. The molecule has 0 fully saturated rings. The molecule has 1 rings (SSSR count). The van der Waals surface area contributed by atoms with Gasteiger partial charge in [0.2, 0.25) is 0 Å². The SMILES string of the molecule is CN1C=C(C(C)(C)O)C=CC1N. The van der Waals surface area contributed by atoms with Gasteiger partial charge < -0.3 is 15.7 Å². The predicted octanol–water partition coefficient (Wildman–Crippen LogP) is 0.428. The second-order valence-electron chi connectivity index (χ2n) is 3.66. The van der Waals surface area contributed by atoms with Crippen LogP contribution in [0.15, 0.2) is 23.9 Å². The van der Waals surface area contributed by atoms with Gasteiger partial charge in [-0.25, -0.2) is 0 Å². The van der Waals surface area contributed by atoms with Crippen LogP contribution in [0, 0.1) is 0 Å². The Kier molecular flexibility index (Phi) is 2.26. The maximum absolute atomic E-state index is 9.66. The second-order valence-corrected chi connectivity index (χ2v) is 3.66. The molecule has 1 heterocycles. The molecule has 0 aromatic rings. The molecule has 0 aromatic carbocycles. The van der Waals surface area contributed by atoms with Gasteiger partial charge in [-0.2, -0.15) is 0 Å². The lowest BCUT2D eigenvalue weighted by Crippen LogP contribution is -2.37. The fourth-order valence-electron chi connectivity index (χ4n) is 1.05. The van der Waals surface area contributed by atoms with Gasteiger partial charge in [-0.15, -0.1) is 0 Å². The van der Waals surface area contributed by atoms with Crippen LogP contribution in [0.3, 0.4) is 0 Å². The summed E-state index contributed by atoms with van der Waals surface area (Å²) in [5.74, 6) is 0. The molecule has 12 heavy (non-hydrogen) atoms. The third kappa shape index (κ3) is 1.87. The van der Waals surface area contributed by atoms with Crippen molar-refractivity contribution < 1.29 is 5.11 Å². The molecule has 3 heteroatoms. The van der Waals surface area contributed by atoms with E-state index in [9.17, 15) is 5.11 Å². The zero-order valence-electron chi connectivity index (χ0n) is 7.78. The lowest BCUT2D eigenvalue weighted by atomic mass is 9.97. The van der Waals surface area contributed by atoms with E-state index in [0.29, 0.717) is 0 Å². The van der Waals surface area contributed by atoms with E-state index in [-0.39, 0.29) is 6.17 Å². The van der Waals surface area contributed by atoms with Crippen LogP contribution in [0.4, 0.5) is 0 Å². The molecule has 1 atom stereocenters. The highest BCUT2D eigenvalue weighted by molar-refractivity contribution is 5.30. The first-order valence-corrected chi connectivity index (χ1v) is 4.01. The van der Waals surface area contributed by atoms with E-state index in [1.54, 1.807) is 13.8 Å². The molecule has 0 aliphatic carbocycles. The van der Waals surface area contributed by atoms with E-state index in [2.05, 4.69) is 0 Å². The highest BCUT2D eigenvalue weighted by Gasteiger charge is 2.20. The Balaban J connectivity index is 2.84. The molecule has 1 aliphatic rings. The molecule has 0 aromatic heterocycles. The van der Waals surface area contributed by atoms with Crippen molar-refractivity contribution in [1.29, 1.82) is 0 Å². The Morgan fingerprint density at radius 3 is 2.58 bits per heavy atom. The minimum Gasteiger partial charge on any atom is -0.386 e. The zero-order chi connectivity index (χ0) is 9.35. The molecule has 0 radical (unpaired) electrons. The van der Waals surface area contributed by atoms with E-state index in [0.717, 1.165) is 5.57 Å². The standard InChI is InChI=1S/C9H16N2O/c1-9(2,12)7-4-5-8(10)11(3)6-7/h4-6,8,12H,10H2,1-3H3. The second kappa shape index (κ2) is 2.92. The van der Waals surface area contributed by atoms with Crippen molar-refractivity contribution in [3.63, 3.8) is 0 Å². The molecular formula is C9H16N2O. The summed E-state index contributed by atoms with van der Waals surface area (Å²) < 4.78 is 0. The molecule has 0 saturated heterocycles. The van der Waals surface area contributed by atoms with Crippen LogP contribution < -0.4 is 5.73 Å². The number of hydrogen-bond donors (Lipinski definition) is 2. The Morgan fingerprint density at radius 2 is 2.17 bits per heavy atom. The minimum absolute atomic E-state index is 0.0731. The number of aliphatic hydroxyl groups is 1. The first kappa shape index (κ1) is 9.29. The van der Waals surface area contributed by atoms with Gasteiger partial charge in [-0.1, -0.05) is 6.08 Å². The average Bonchev–Trinajstić information content (AvgIpc) is 1.92. The lowest BCUT2D eigenvalue weighted by molar-refractivity contribution is 0.120. The lowest BCUT2D eigenvalue weighted by Gasteiger charge is -2.29. The van der Waals surface area contributed by atoms with Crippen molar-refractivity contribution >= 4 is 0 Å². The quantitative estimate of drug-likeness (QED) is 0.597. The fourth-order valence-corrected chi connectivity index (χ4v) is 1.05. The van der Waals surface area contributed by atoms with E-state index in [1.807, 2.05) is 30.3 Å². The van der Waals surface area contributed by atoms with E-state index >= 15 is 0 Å². The summed E-state index contributed by atoms with van der Waals surface area (Å²) in [5.41, 5.74) is 5.79. The summed E-state index contributed by atoms with van der Waals surface area (Å²) in [4.78, 5) is 1.87. The largest absolute Gasteiger partial charge is 0.386 e. The minimum atomic E-state index is -0.787. The summed E-state index contributed by atoms with van der Waals surface area (Å²) >= 11 is 0. The van der Waals surface area contributed by atoms with Gasteiger partial charge in [-0.3, -0.25) is 0 Å². The van der Waals surface area contributed by atoms with E-state index in [4.69, 9.17) is 5.73 Å². The molecule has 0 spiro atoms. The van der Waals surface area contributed by atoms with Crippen LogP contribution in [0.1, 0.15) is 13.8 Å². The van der Waals surface area contributed by atoms with Crippen LogP contribution in [0.25, 0.3) is 0 Å². The topological polar surface area (TPSA) is 49.5 Å². The Morgan fingerprint density at radius 1 is 1.58 bits per heavy atom. The predicted molar refractivity (Wildman–Crippen MR) is 49.3 cm³/mol. The number of hydrogen-bond acceptors (Lipinski definition) is 3. The van der Waals surface area contributed by atoms with Gasteiger partial charge in [0.15, 0.2) is 0 Å². The van der Waals surface area contributed by atoms with Crippen LogP contribution in [0.5, 0.6) is 0 Å². The summed E-state index contributed by atoms with van der Waals surface area (Å²) in [6.07, 6.45) is 5.53. The van der Waals surface area contributed by atoms with Crippen molar-refractivity contribution in [2.75, 3.05) is 7.05 Å². The van der Waals surface area contributed by atoms with Gasteiger partial charge in [-0.05, 0) is 25.5 Å². The summed E-state index contributed by atoms with van der Waals surface area (Å²) in [6.45, 7) is 3.52. The van der Waals surface area contributed by atoms with Gasteiger partial charge in [0.05, 0.1) is 11.8 Å². The molecule has 0 amide bonds. The highest BCUT2D eigenvalue weighted by atomic mass is 16.3. The third-order valence-electron chi connectivity index (χ3n) is 1.99. The summed E-state index contributed by atoms with van der Waals surface area (Å²) in [7, 11) is 1.89. The first-order chi connectivity index (χ1) is 5.41. The Bertz CT molecular complexity index is 225. The number of nitrogens with two attached hydrogens (primary N) is 1. The summed E-state index contributed by atoms with van der Waals surface area (Å²) in [6, 6.07) is 0. The molecule has 3 nitrogen and oxygen atoms in total. The van der Waals surface area contributed by atoms with Crippen LogP contribution in [0.2, 0.25) is 0 Å². The van der Waals surface area contributed by atoms with Crippen molar-refractivity contribution in [2.24, 2.45) is 5.73 Å². The van der Waals surface area contributed by atoms with Crippen molar-refractivity contribution in [3.05, 3.63) is 23.9 Å². The van der Waals surface area contributed by atoms with Crippen molar-refractivity contribution in [1.82, 2.24) is 4.90 Å². The molecule has 0 bridgehead atoms. The van der Waals surface area contributed by atoms with Crippen LogP contribution >= 0.6 is 0 Å². The number of rotatable bonds is 1. The fraction of sp³-hybridized carbons (Fsp3) is 0.556. The maximum Gasteiger partial charge on any atom is 0.0956 e. The molecule has 0 saturated carbocycles. The van der Waals surface area contributed by atoms with Crippen LogP contribution in [-0.4, -0.2) is 28.8 Å². The van der Waals surface area contributed by atoms with Gasteiger partial charge in [0.25, 0.3) is 0 Å². The van der Waals surface area contributed by atoms with Gasteiger partial charge in [0, 0.05) is 13.2 Å². The van der Waals surface area contributed by atoms with Crippen molar-refractivity contribution in [3.8, 4) is 0 Å². The smallest absolute Gasteiger partial charge is 0.0956 e. The van der Waals surface area contributed by atoms with E-state index in [1.165, 1.54) is 0 Å². The van der Waals surface area contributed by atoms with Gasteiger partial charge >= 0.3 is 0 Å².